The molecule has 7 heteroatoms. The van der Waals surface area contributed by atoms with Crippen LogP contribution in [0.4, 0.5) is 14.5 Å². The summed E-state index contributed by atoms with van der Waals surface area (Å²) in [5.41, 5.74) is -0.318. The van der Waals surface area contributed by atoms with Crippen LogP contribution >= 0.6 is 0 Å². The molecule has 4 nitrogen and oxygen atoms in total. The predicted octanol–water partition coefficient (Wildman–Crippen LogP) is 1.90. The first-order valence-electron chi connectivity index (χ1n) is 6.26. The van der Waals surface area contributed by atoms with Crippen LogP contribution in [0, 0.1) is 11.6 Å². The van der Waals surface area contributed by atoms with Crippen LogP contribution in [0.3, 0.4) is 0 Å². The van der Waals surface area contributed by atoms with Gasteiger partial charge in [0.25, 0.3) is 5.91 Å². The molecule has 1 aromatic rings. The summed E-state index contributed by atoms with van der Waals surface area (Å²) in [6.45, 7) is 2.52. The lowest BCUT2D eigenvalue weighted by atomic mass is 10.1. The van der Waals surface area contributed by atoms with E-state index in [-0.39, 0.29) is 17.8 Å². The first kappa shape index (κ1) is 16.6. The number of carbonyl (C=O) groups is 1. The molecule has 0 aliphatic heterocycles. The fourth-order valence-corrected chi connectivity index (χ4v) is 1.92. The van der Waals surface area contributed by atoms with Crippen LogP contribution in [0.2, 0.25) is 0 Å². The highest BCUT2D eigenvalue weighted by molar-refractivity contribution is 7.84. The van der Waals surface area contributed by atoms with Gasteiger partial charge in [0.15, 0.2) is 0 Å². The standard InChI is InChI=1S/C13H18F2N2O2S/c1-3-4-16-12-10(14)7-9(8-11(12)15)13(18)17-5-6-20(2)19/h7-8,16H,3-6H2,1-2H3,(H,17,18). The summed E-state index contributed by atoms with van der Waals surface area (Å²) < 4.78 is 38.3. The Morgan fingerprint density at radius 1 is 1.25 bits per heavy atom. The van der Waals surface area contributed by atoms with Crippen molar-refractivity contribution in [2.24, 2.45) is 0 Å². The summed E-state index contributed by atoms with van der Waals surface area (Å²) in [6.07, 6.45) is 2.25. The van der Waals surface area contributed by atoms with E-state index < -0.39 is 28.3 Å². The zero-order valence-electron chi connectivity index (χ0n) is 11.5. The van der Waals surface area contributed by atoms with Crippen molar-refractivity contribution < 1.29 is 17.8 Å². The number of rotatable bonds is 7. The van der Waals surface area contributed by atoms with Crippen molar-refractivity contribution >= 4 is 22.4 Å². The maximum Gasteiger partial charge on any atom is 0.251 e. The lowest BCUT2D eigenvalue weighted by Crippen LogP contribution is -2.27. The molecule has 1 aromatic carbocycles. The van der Waals surface area contributed by atoms with Crippen molar-refractivity contribution in [3.8, 4) is 0 Å². The molecule has 20 heavy (non-hydrogen) atoms. The van der Waals surface area contributed by atoms with Gasteiger partial charge >= 0.3 is 0 Å². The quantitative estimate of drug-likeness (QED) is 0.809. The molecule has 0 heterocycles. The fourth-order valence-electron chi connectivity index (χ4n) is 1.53. The van der Waals surface area contributed by atoms with Crippen molar-refractivity contribution in [2.45, 2.75) is 13.3 Å². The summed E-state index contributed by atoms with van der Waals surface area (Å²) in [5, 5.41) is 5.09. The number of anilines is 1. The number of halogens is 2. The van der Waals surface area contributed by atoms with E-state index in [4.69, 9.17) is 0 Å². The third-order valence-corrected chi connectivity index (χ3v) is 3.31. The minimum Gasteiger partial charge on any atom is -0.380 e. The summed E-state index contributed by atoms with van der Waals surface area (Å²) in [7, 11) is -1.03. The molecule has 1 amide bonds. The third-order valence-electron chi connectivity index (χ3n) is 2.53. The smallest absolute Gasteiger partial charge is 0.251 e. The molecule has 0 bridgehead atoms. The van der Waals surface area contributed by atoms with Crippen LogP contribution in [0.15, 0.2) is 12.1 Å². The molecule has 0 aliphatic carbocycles. The fraction of sp³-hybridized carbons (Fsp3) is 0.462. The van der Waals surface area contributed by atoms with Gasteiger partial charge in [-0.1, -0.05) is 6.92 Å². The average Bonchev–Trinajstić information content (AvgIpc) is 2.37. The predicted molar refractivity (Wildman–Crippen MR) is 76.4 cm³/mol. The number of carbonyl (C=O) groups excluding carboxylic acids is 1. The largest absolute Gasteiger partial charge is 0.380 e. The van der Waals surface area contributed by atoms with E-state index in [1.807, 2.05) is 6.92 Å². The van der Waals surface area contributed by atoms with Gasteiger partial charge < -0.3 is 10.6 Å². The molecule has 112 valence electrons. The first-order chi connectivity index (χ1) is 9.45. The highest BCUT2D eigenvalue weighted by atomic mass is 32.2. The Morgan fingerprint density at radius 2 is 1.85 bits per heavy atom. The Kier molecular flexibility index (Phi) is 6.57. The summed E-state index contributed by atoms with van der Waals surface area (Å²) >= 11 is 0. The molecule has 0 saturated carbocycles. The van der Waals surface area contributed by atoms with E-state index in [2.05, 4.69) is 10.6 Å². The van der Waals surface area contributed by atoms with E-state index in [1.165, 1.54) is 6.26 Å². The van der Waals surface area contributed by atoms with E-state index in [0.717, 1.165) is 18.6 Å². The third kappa shape index (κ3) is 4.88. The average molecular weight is 304 g/mol. The molecule has 1 atom stereocenters. The number of amides is 1. The van der Waals surface area contributed by atoms with Crippen LogP contribution in [-0.4, -0.2) is 35.2 Å². The van der Waals surface area contributed by atoms with Gasteiger partial charge in [-0.25, -0.2) is 8.78 Å². The number of hydrogen-bond donors (Lipinski definition) is 2. The molecular formula is C13H18F2N2O2S. The van der Waals surface area contributed by atoms with Crippen LogP contribution in [0.1, 0.15) is 23.7 Å². The highest BCUT2D eigenvalue weighted by Gasteiger charge is 2.14. The second-order valence-electron chi connectivity index (χ2n) is 4.27. The molecule has 0 aliphatic rings. The number of benzene rings is 1. The number of hydrogen-bond acceptors (Lipinski definition) is 3. The summed E-state index contributed by atoms with van der Waals surface area (Å²) in [4.78, 5) is 11.7. The lowest BCUT2D eigenvalue weighted by molar-refractivity contribution is 0.0955. The molecule has 1 unspecified atom stereocenters. The SMILES string of the molecule is CCCNc1c(F)cc(C(=O)NCCS(C)=O)cc1F. The van der Waals surface area contributed by atoms with Crippen LogP contribution in [0.25, 0.3) is 0 Å². The Bertz CT molecular complexity index is 486. The number of nitrogens with one attached hydrogen (secondary N) is 2. The van der Waals surface area contributed by atoms with Crippen molar-refractivity contribution in [1.82, 2.24) is 5.32 Å². The Hall–Kier alpha value is -1.50. The van der Waals surface area contributed by atoms with Gasteiger partial charge in [0.05, 0.1) is 0 Å². The normalized spacial score (nSPS) is 12.0. The molecular weight excluding hydrogens is 286 g/mol. The zero-order chi connectivity index (χ0) is 15.1. The Labute approximate surface area is 119 Å². The minimum absolute atomic E-state index is 0.0936. The van der Waals surface area contributed by atoms with Gasteiger partial charge in [-0.05, 0) is 18.6 Å². The maximum atomic E-state index is 13.7. The van der Waals surface area contributed by atoms with Gasteiger partial charge in [-0.15, -0.1) is 0 Å². The molecule has 0 fully saturated rings. The second kappa shape index (κ2) is 7.94. The molecule has 0 spiro atoms. The molecule has 0 aromatic heterocycles. The molecule has 0 radical (unpaired) electrons. The monoisotopic (exact) mass is 304 g/mol. The zero-order valence-corrected chi connectivity index (χ0v) is 12.3. The van der Waals surface area contributed by atoms with Crippen LogP contribution in [0.5, 0.6) is 0 Å². The lowest BCUT2D eigenvalue weighted by Gasteiger charge is -2.10. The van der Waals surface area contributed by atoms with Crippen LogP contribution < -0.4 is 10.6 Å². The van der Waals surface area contributed by atoms with Crippen molar-refractivity contribution in [1.29, 1.82) is 0 Å². The molecule has 1 rings (SSSR count). The van der Waals surface area contributed by atoms with E-state index >= 15 is 0 Å². The van der Waals surface area contributed by atoms with Gasteiger partial charge in [-0.3, -0.25) is 9.00 Å². The van der Waals surface area contributed by atoms with Gasteiger partial charge in [0.1, 0.15) is 17.3 Å². The Morgan fingerprint density at radius 3 is 2.35 bits per heavy atom. The molecule has 2 N–H and O–H groups in total. The minimum atomic E-state index is -1.03. The van der Waals surface area contributed by atoms with E-state index in [1.54, 1.807) is 0 Å². The summed E-state index contributed by atoms with van der Waals surface area (Å²) in [6, 6.07) is 1.97. The maximum absolute atomic E-state index is 13.7. The van der Waals surface area contributed by atoms with E-state index in [9.17, 15) is 17.8 Å². The van der Waals surface area contributed by atoms with Crippen molar-refractivity contribution in [3.05, 3.63) is 29.3 Å². The Balaban J connectivity index is 2.76. The van der Waals surface area contributed by atoms with Crippen molar-refractivity contribution in [2.75, 3.05) is 30.4 Å². The van der Waals surface area contributed by atoms with Gasteiger partial charge in [0, 0.05) is 41.5 Å². The first-order valence-corrected chi connectivity index (χ1v) is 7.99. The topological polar surface area (TPSA) is 58.2 Å². The highest BCUT2D eigenvalue weighted by Crippen LogP contribution is 2.20. The summed E-state index contributed by atoms with van der Waals surface area (Å²) in [5.74, 6) is -1.90. The second-order valence-corrected chi connectivity index (χ2v) is 5.83. The van der Waals surface area contributed by atoms with E-state index in [0.29, 0.717) is 12.3 Å². The van der Waals surface area contributed by atoms with Crippen LogP contribution in [-0.2, 0) is 10.8 Å². The van der Waals surface area contributed by atoms with Crippen molar-refractivity contribution in [3.63, 3.8) is 0 Å². The van der Waals surface area contributed by atoms with Gasteiger partial charge in [-0.2, -0.15) is 0 Å². The van der Waals surface area contributed by atoms with Gasteiger partial charge in [0.2, 0.25) is 0 Å². The molecule has 0 saturated heterocycles.